The number of para-hydroxylation sites is 2. The van der Waals surface area contributed by atoms with Crippen LogP contribution in [0, 0.1) is 0 Å². The molecule has 4 rings (SSSR count). The van der Waals surface area contributed by atoms with Gasteiger partial charge in [-0.2, -0.15) is 0 Å². The molecule has 27 heavy (non-hydrogen) atoms. The van der Waals surface area contributed by atoms with Gasteiger partial charge < -0.3 is 10.6 Å². The van der Waals surface area contributed by atoms with E-state index in [-0.39, 0.29) is 18.3 Å². The van der Waals surface area contributed by atoms with Gasteiger partial charge in [0.15, 0.2) is 5.13 Å². The predicted octanol–water partition coefficient (Wildman–Crippen LogP) is 3.24. The number of guanidine groups is 1. The first-order valence-corrected chi connectivity index (χ1v) is 9.33. The fourth-order valence-electron chi connectivity index (χ4n) is 2.61. The van der Waals surface area contributed by atoms with Crippen LogP contribution < -0.4 is 16.0 Å². The van der Waals surface area contributed by atoms with Gasteiger partial charge in [0.1, 0.15) is 6.04 Å². The van der Waals surface area contributed by atoms with Gasteiger partial charge in [-0.1, -0.05) is 47.2 Å². The highest BCUT2D eigenvalue weighted by molar-refractivity contribution is 7.22. The molecule has 7 nitrogen and oxygen atoms in total. The number of aliphatic imine (C=N–C) groups is 1. The van der Waals surface area contributed by atoms with Crippen molar-refractivity contribution < 1.29 is 9.59 Å². The molecule has 0 radical (unpaired) electrons. The number of nitrogens with zero attached hydrogens (tertiary/aromatic N) is 2. The number of benzene rings is 2. The number of thiazole rings is 1. The lowest BCUT2D eigenvalue weighted by Crippen LogP contribution is -2.45. The monoisotopic (exact) mass is 399 g/mol. The summed E-state index contributed by atoms with van der Waals surface area (Å²) in [4.78, 5) is 33.3. The summed E-state index contributed by atoms with van der Waals surface area (Å²) in [7, 11) is 0. The molecular formula is C18H14ClN5O2S. The van der Waals surface area contributed by atoms with Crippen molar-refractivity contribution in [1.29, 1.82) is 0 Å². The van der Waals surface area contributed by atoms with Crippen molar-refractivity contribution in [2.45, 2.75) is 12.5 Å². The predicted molar refractivity (Wildman–Crippen MR) is 107 cm³/mol. The van der Waals surface area contributed by atoms with Gasteiger partial charge in [-0.05, 0) is 24.3 Å². The molecule has 3 aromatic rings. The van der Waals surface area contributed by atoms with E-state index in [4.69, 9.17) is 11.6 Å². The van der Waals surface area contributed by atoms with Gasteiger partial charge in [-0.3, -0.25) is 14.9 Å². The highest BCUT2D eigenvalue weighted by Crippen LogP contribution is 2.26. The van der Waals surface area contributed by atoms with Crippen molar-refractivity contribution in [3.8, 4) is 0 Å². The molecule has 2 heterocycles. The minimum atomic E-state index is -0.855. The van der Waals surface area contributed by atoms with Gasteiger partial charge >= 0.3 is 0 Å². The average molecular weight is 400 g/mol. The van der Waals surface area contributed by atoms with E-state index in [1.807, 2.05) is 24.3 Å². The van der Waals surface area contributed by atoms with Gasteiger partial charge in [0, 0.05) is 0 Å². The number of fused-ring (bicyclic) bond motifs is 1. The average Bonchev–Trinajstić information content (AvgIpc) is 3.05. The van der Waals surface area contributed by atoms with E-state index in [0.29, 0.717) is 15.8 Å². The maximum Gasteiger partial charge on any atom is 0.249 e. The number of hydrogen-bond donors (Lipinski definition) is 3. The van der Waals surface area contributed by atoms with E-state index in [0.717, 1.165) is 10.2 Å². The van der Waals surface area contributed by atoms with Crippen molar-refractivity contribution in [3.05, 3.63) is 53.6 Å². The van der Waals surface area contributed by atoms with Crippen molar-refractivity contribution in [3.63, 3.8) is 0 Å². The first kappa shape index (κ1) is 17.4. The number of carbonyl (C=O) groups is 2. The lowest BCUT2D eigenvalue weighted by Gasteiger charge is -2.20. The topological polar surface area (TPSA) is 95.5 Å². The van der Waals surface area contributed by atoms with Gasteiger partial charge in [0.2, 0.25) is 17.8 Å². The molecule has 136 valence electrons. The number of rotatable bonds is 3. The van der Waals surface area contributed by atoms with Crippen LogP contribution in [0.5, 0.6) is 0 Å². The SMILES string of the molecule is O=C1C[C@H](C(=O)Nc2ccccc2Cl)N=C(Nc2nc3ccccc3s2)N1. The van der Waals surface area contributed by atoms with E-state index in [1.165, 1.54) is 11.3 Å². The minimum absolute atomic E-state index is 0.0404. The molecule has 1 aromatic heterocycles. The van der Waals surface area contributed by atoms with Gasteiger partial charge in [0.25, 0.3) is 0 Å². The maximum atomic E-state index is 12.5. The van der Waals surface area contributed by atoms with E-state index in [9.17, 15) is 9.59 Å². The molecule has 0 unspecified atom stereocenters. The van der Waals surface area contributed by atoms with E-state index >= 15 is 0 Å². The first-order chi connectivity index (χ1) is 13.1. The van der Waals surface area contributed by atoms with Crippen LogP contribution in [0.2, 0.25) is 5.02 Å². The Morgan fingerprint density at radius 2 is 1.96 bits per heavy atom. The molecule has 2 amide bonds. The molecule has 1 aliphatic rings. The Hall–Kier alpha value is -2.97. The highest BCUT2D eigenvalue weighted by Gasteiger charge is 2.27. The number of amides is 2. The molecule has 3 N–H and O–H groups in total. The Morgan fingerprint density at radius 3 is 2.78 bits per heavy atom. The molecular weight excluding hydrogens is 386 g/mol. The second kappa shape index (κ2) is 7.34. The van der Waals surface area contributed by atoms with E-state index in [2.05, 4.69) is 25.9 Å². The second-order valence-corrected chi connectivity index (χ2v) is 7.26. The molecule has 0 saturated heterocycles. The molecule has 1 atom stereocenters. The summed E-state index contributed by atoms with van der Waals surface area (Å²) in [6.07, 6.45) is -0.0404. The second-order valence-electron chi connectivity index (χ2n) is 5.83. The third-order valence-electron chi connectivity index (χ3n) is 3.88. The van der Waals surface area contributed by atoms with Crippen LogP contribution in [-0.2, 0) is 9.59 Å². The summed E-state index contributed by atoms with van der Waals surface area (Å²) in [5.74, 6) is -0.501. The van der Waals surface area contributed by atoms with Crippen LogP contribution in [0.25, 0.3) is 10.2 Å². The molecule has 2 aromatic carbocycles. The summed E-state index contributed by atoms with van der Waals surface area (Å²) < 4.78 is 1.01. The summed E-state index contributed by atoms with van der Waals surface area (Å²) in [5, 5.41) is 9.32. The Kier molecular flexibility index (Phi) is 4.74. The normalized spacial score (nSPS) is 16.6. The van der Waals surface area contributed by atoms with Gasteiger partial charge in [-0.25, -0.2) is 9.98 Å². The first-order valence-electron chi connectivity index (χ1n) is 8.14. The Labute approximate surface area is 163 Å². The van der Waals surface area contributed by atoms with Crippen molar-refractivity contribution in [2.24, 2.45) is 4.99 Å². The summed E-state index contributed by atoms with van der Waals surface area (Å²) in [6.45, 7) is 0. The molecule has 0 bridgehead atoms. The van der Waals surface area contributed by atoms with E-state index in [1.54, 1.807) is 24.3 Å². The molecule has 0 fully saturated rings. The summed E-state index contributed by atoms with van der Waals surface area (Å²) >= 11 is 7.50. The minimum Gasteiger partial charge on any atom is -0.323 e. The zero-order chi connectivity index (χ0) is 18.8. The van der Waals surface area contributed by atoms with Crippen molar-refractivity contribution in [2.75, 3.05) is 10.6 Å². The Morgan fingerprint density at radius 1 is 1.19 bits per heavy atom. The van der Waals surface area contributed by atoms with Crippen LogP contribution in [0.3, 0.4) is 0 Å². The zero-order valence-corrected chi connectivity index (χ0v) is 15.5. The van der Waals surface area contributed by atoms with Crippen LogP contribution in [0.4, 0.5) is 10.8 Å². The van der Waals surface area contributed by atoms with Gasteiger partial charge in [-0.15, -0.1) is 0 Å². The fraction of sp³-hybridized carbons (Fsp3) is 0.111. The Bertz CT molecular complexity index is 1030. The number of aromatic nitrogens is 1. The van der Waals surface area contributed by atoms with Gasteiger partial charge in [0.05, 0.1) is 27.3 Å². The smallest absolute Gasteiger partial charge is 0.249 e. The third kappa shape index (κ3) is 3.91. The standard InChI is InChI=1S/C18H14ClN5O2S/c19-10-5-1-2-6-11(10)20-16(26)13-9-15(25)23-17(21-13)24-18-22-12-7-3-4-8-14(12)27-18/h1-8,13H,9H2,(H,20,26)(H2,21,22,23,24,25)/t13-/m1/s1. The number of nitrogens with one attached hydrogen (secondary N) is 3. The van der Waals surface area contributed by atoms with Crippen LogP contribution in [0.1, 0.15) is 6.42 Å². The lowest BCUT2D eigenvalue weighted by atomic mass is 10.1. The van der Waals surface area contributed by atoms with E-state index < -0.39 is 11.9 Å². The zero-order valence-electron chi connectivity index (χ0n) is 13.9. The quantitative estimate of drug-likeness (QED) is 0.630. The fourth-order valence-corrected chi connectivity index (χ4v) is 3.66. The number of halogens is 1. The van der Waals surface area contributed by atoms with Crippen LogP contribution in [0.15, 0.2) is 53.5 Å². The number of carbonyl (C=O) groups excluding carboxylic acids is 2. The summed E-state index contributed by atoms with van der Waals surface area (Å²) in [6, 6.07) is 13.7. The summed E-state index contributed by atoms with van der Waals surface area (Å²) in [5.41, 5.74) is 1.33. The van der Waals surface area contributed by atoms with Crippen LogP contribution >= 0.6 is 22.9 Å². The lowest BCUT2D eigenvalue weighted by molar-refractivity contribution is -0.124. The number of hydrogen-bond acceptors (Lipinski definition) is 6. The molecule has 0 aliphatic carbocycles. The largest absolute Gasteiger partial charge is 0.323 e. The molecule has 0 saturated carbocycles. The molecule has 0 spiro atoms. The third-order valence-corrected chi connectivity index (χ3v) is 5.16. The van der Waals surface area contributed by atoms with Crippen molar-refractivity contribution >= 4 is 61.7 Å². The van der Waals surface area contributed by atoms with Crippen LogP contribution in [-0.4, -0.2) is 28.8 Å². The Balaban J connectivity index is 1.52. The maximum absolute atomic E-state index is 12.5. The van der Waals surface area contributed by atoms with Crippen molar-refractivity contribution in [1.82, 2.24) is 10.3 Å². The molecule has 9 heteroatoms. The number of anilines is 2. The molecule has 1 aliphatic heterocycles. The highest BCUT2D eigenvalue weighted by atomic mass is 35.5.